The van der Waals surface area contributed by atoms with Crippen LogP contribution in [0, 0.1) is 5.92 Å². The van der Waals surface area contributed by atoms with Crippen molar-refractivity contribution >= 4 is 24.0 Å². The molecule has 2 aromatic heterocycles. The van der Waals surface area contributed by atoms with Crippen LogP contribution in [0.2, 0.25) is 0 Å². The third-order valence-electron chi connectivity index (χ3n) is 4.35. The van der Waals surface area contributed by atoms with Gasteiger partial charge < -0.3 is 11.1 Å². The van der Waals surface area contributed by atoms with Crippen LogP contribution in [0.1, 0.15) is 25.7 Å². The first kappa shape index (κ1) is 17.5. The third kappa shape index (κ3) is 3.73. The summed E-state index contributed by atoms with van der Waals surface area (Å²) in [6, 6.07) is 5.55. The van der Waals surface area contributed by atoms with E-state index in [0.717, 1.165) is 19.3 Å². The molecule has 1 aliphatic carbocycles. The number of nitrogens with one attached hydrogen (secondary N) is 1. The van der Waals surface area contributed by atoms with Gasteiger partial charge in [0.1, 0.15) is 0 Å². The molecule has 2 heterocycles. The summed E-state index contributed by atoms with van der Waals surface area (Å²) in [6.45, 7) is 0.892. The maximum absolute atomic E-state index is 12.1. The van der Waals surface area contributed by atoms with Gasteiger partial charge in [0.2, 0.25) is 5.91 Å². The summed E-state index contributed by atoms with van der Waals surface area (Å²) in [6.07, 6.45) is 5.09. The summed E-state index contributed by atoms with van der Waals surface area (Å²) in [5, 5.41) is 7.25. The van der Waals surface area contributed by atoms with Crippen molar-refractivity contribution in [2.75, 3.05) is 6.54 Å². The van der Waals surface area contributed by atoms with Crippen molar-refractivity contribution in [1.82, 2.24) is 19.5 Å². The van der Waals surface area contributed by atoms with Crippen molar-refractivity contribution in [3.8, 4) is 0 Å². The fourth-order valence-corrected chi connectivity index (χ4v) is 3.11. The van der Waals surface area contributed by atoms with Crippen molar-refractivity contribution in [2.24, 2.45) is 11.7 Å². The molecule has 3 rings (SSSR count). The maximum Gasteiger partial charge on any atom is 0.350 e. The Balaban J connectivity index is 0.00000192. The number of carbonyl (C=O) groups is 1. The molecule has 1 fully saturated rings. The lowest BCUT2D eigenvalue weighted by molar-refractivity contribution is -0.122. The summed E-state index contributed by atoms with van der Waals surface area (Å²) < 4.78 is 2.81. The van der Waals surface area contributed by atoms with Crippen molar-refractivity contribution in [3.63, 3.8) is 0 Å². The van der Waals surface area contributed by atoms with Crippen LogP contribution in [0.4, 0.5) is 0 Å². The largest absolute Gasteiger partial charge is 0.353 e. The molecule has 3 N–H and O–H groups in total. The molecular weight excluding hydrogens is 318 g/mol. The molecule has 2 unspecified atom stereocenters. The molecule has 8 heteroatoms. The van der Waals surface area contributed by atoms with Gasteiger partial charge in [-0.1, -0.05) is 12.5 Å². The number of halogens is 1. The quantitative estimate of drug-likeness (QED) is 0.831. The van der Waals surface area contributed by atoms with Crippen molar-refractivity contribution < 1.29 is 4.79 Å². The van der Waals surface area contributed by atoms with E-state index in [9.17, 15) is 9.59 Å². The number of carbonyl (C=O) groups excluding carboxylic acids is 1. The summed E-state index contributed by atoms with van der Waals surface area (Å²) in [5.41, 5.74) is 6.09. The van der Waals surface area contributed by atoms with Crippen LogP contribution in [0.25, 0.3) is 5.65 Å². The van der Waals surface area contributed by atoms with Crippen LogP contribution in [0.3, 0.4) is 0 Å². The number of nitrogens with two attached hydrogens (primary N) is 1. The highest BCUT2D eigenvalue weighted by Gasteiger charge is 2.27. The Kier molecular flexibility index (Phi) is 5.79. The number of nitrogens with zero attached hydrogens (tertiary/aromatic N) is 3. The van der Waals surface area contributed by atoms with E-state index < -0.39 is 0 Å². The highest BCUT2D eigenvalue weighted by molar-refractivity contribution is 5.85. The van der Waals surface area contributed by atoms with Gasteiger partial charge in [0, 0.05) is 18.7 Å². The number of aryl methyl sites for hydroxylation is 1. The smallest absolute Gasteiger partial charge is 0.350 e. The topological polar surface area (TPSA) is 94.4 Å². The molecule has 0 spiro atoms. The highest BCUT2D eigenvalue weighted by Crippen LogP contribution is 2.24. The molecule has 0 bridgehead atoms. The van der Waals surface area contributed by atoms with Gasteiger partial charge in [0.25, 0.3) is 0 Å². The Labute approximate surface area is 140 Å². The number of rotatable bonds is 5. The van der Waals surface area contributed by atoms with E-state index in [1.165, 1.54) is 9.08 Å². The molecule has 23 heavy (non-hydrogen) atoms. The molecular formula is C15H22ClN5O2. The summed E-state index contributed by atoms with van der Waals surface area (Å²) in [4.78, 5) is 24.2. The molecule has 7 nitrogen and oxygen atoms in total. The SMILES string of the molecule is Cl.NCC1CCCC1NC(=O)CCn1nc2ccccn2c1=O. The Hall–Kier alpha value is -1.86. The molecule has 1 saturated carbocycles. The zero-order chi connectivity index (χ0) is 15.5. The Morgan fingerprint density at radius 1 is 1.39 bits per heavy atom. The predicted octanol–water partition coefficient (Wildman–Crippen LogP) is 0.551. The van der Waals surface area contributed by atoms with Crippen molar-refractivity contribution in [1.29, 1.82) is 0 Å². The van der Waals surface area contributed by atoms with E-state index in [2.05, 4.69) is 10.4 Å². The first-order valence-corrected chi connectivity index (χ1v) is 7.72. The average molecular weight is 340 g/mol. The van der Waals surface area contributed by atoms with E-state index in [-0.39, 0.29) is 43.0 Å². The van der Waals surface area contributed by atoms with E-state index in [4.69, 9.17) is 5.73 Å². The van der Waals surface area contributed by atoms with Gasteiger partial charge in [-0.25, -0.2) is 9.48 Å². The molecule has 2 atom stereocenters. The van der Waals surface area contributed by atoms with Crippen LogP contribution in [-0.2, 0) is 11.3 Å². The molecule has 2 aromatic rings. The van der Waals surface area contributed by atoms with E-state index in [1.54, 1.807) is 18.3 Å². The lowest BCUT2D eigenvalue weighted by atomic mass is 10.0. The summed E-state index contributed by atoms with van der Waals surface area (Å²) >= 11 is 0. The normalized spacial score (nSPS) is 20.4. The summed E-state index contributed by atoms with van der Waals surface area (Å²) in [7, 11) is 0. The number of aromatic nitrogens is 3. The molecule has 126 valence electrons. The zero-order valence-corrected chi connectivity index (χ0v) is 13.7. The molecule has 0 radical (unpaired) electrons. The summed E-state index contributed by atoms with van der Waals surface area (Å²) in [5.74, 6) is 0.330. The number of fused-ring (bicyclic) bond motifs is 1. The van der Waals surface area contributed by atoms with Crippen LogP contribution < -0.4 is 16.7 Å². The lowest BCUT2D eigenvalue weighted by Gasteiger charge is -2.19. The van der Waals surface area contributed by atoms with Crippen molar-refractivity contribution in [3.05, 3.63) is 34.9 Å². The predicted molar refractivity (Wildman–Crippen MR) is 89.6 cm³/mol. The third-order valence-corrected chi connectivity index (χ3v) is 4.35. The van der Waals surface area contributed by atoms with Gasteiger partial charge in [-0.15, -0.1) is 17.5 Å². The first-order valence-electron chi connectivity index (χ1n) is 7.72. The van der Waals surface area contributed by atoms with E-state index >= 15 is 0 Å². The Morgan fingerprint density at radius 2 is 2.22 bits per heavy atom. The van der Waals surface area contributed by atoms with Gasteiger partial charge in [0.15, 0.2) is 5.65 Å². The second kappa shape index (κ2) is 7.61. The molecule has 1 amide bonds. The fourth-order valence-electron chi connectivity index (χ4n) is 3.11. The van der Waals surface area contributed by atoms with Crippen molar-refractivity contribution in [2.45, 2.75) is 38.3 Å². The highest BCUT2D eigenvalue weighted by atomic mass is 35.5. The maximum atomic E-state index is 12.1. The number of hydrogen-bond donors (Lipinski definition) is 2. The standard InChI is InChI=1S/C15H21N5O2.ClH/c16-10-11-4-3-5-12(11)17-14(21)7-9-20-15(22)19-8-2-1-6-13(19)18-20;/h1-2,6,8,11-12H,3-5,7,9-10,16H2,(H,17,21);1H. The van der Waals surface area contributed by atoms with Gasteiger partial charge in [0.05, 0.1) is 6.54 Å². The lowest BCUT2D eigenvalue weighted by Crippen LogP contribution is -2.40. The molecule has 0 aliphatic heterocycles. The van der Waals surface area contributed by atoms with Crippen LogP contribution in [0.15, 0.2) is 29.2 Å². The minimum Gasteiger partial charge on any atom is -0.353 e. The number of amides is 1. The second-order valence-electron chi connectivity index (χ2n) is 5.79. The Morgan fingerprint density at radius 3 is 2.96 bits per heavy atom. The van der Waals surface area contributed by atoms with E-state index in [1.807, 2.05) is 6.07 Å². The molecule has 0 saturated heterocycles. The molecule has 0 aromatic carbocycles. The zero-order valence-electron chi connectivity index (χ0n) is 12.9. The minimum atomic E-state index is -0.218. The van der Waals surface area contributed by atoms with E-state index in [0.29, 0.717) is 18.1 Å². The fraction of sp³-hybridized carbons (Fsp3) is 0.533. The molecule has 1 aliphatic rings. The van der Waals surface area contributed by atoms with Crippen LogP contribution >= 0.6 is 12.4 Å². The monoisotopic (exact) mass is 339 g/mol. The first-order chi connectivity index (χ1) is 10.7. The second-order valence-corrected chi connectivity index (χ2v) is 5.79. The van der Waals surface area contributed by atoms with Gasteiger partial charge in [-0.3, -0.25) is 9.20 Å². The number of pyridine rings is 1. The average Bonchev–Trinajstić information content (AvgIpc) is 3.10. The minimum absolute atomic E-state index is 0. The van der Waals surface area contributed by atoms with Crippen LogP contribution in [-0.4, -0.2) is 32.7 Å². The van der Waals surface area contributed by atoms with Gasteiger partial charge in [-0.05, 0) is 37.4 Å². The number of hydrogen-bond acceptors (Lipinski definition) is 4. The van der Waals surface area contributed by atoms with Gasteiger partial charge >= 0.3 is 5.69 Å². The van der Waals surface area contributed by atoms with Crippen LogP contribution in [0.5, 0.6) is 0 Å². The Bertz CT molecular complexity index is 726. The van der Waals surface area contributed by atoms with Gasteiger partial charge in [-0.2, -0.15) is 0 Å².